The number of carbonyl (C=O) groups excluding carboxylic acids is 4. The van der Waals surface area contributed by atoms with Crippen molar-refractivity contribution in [3.8, 4) is 5.88 Å². The Labute approximate surface area is 359 Å². The Hall–Kier alpha value is -4.98. The maximum atomic E-state index is 14.9. The van der Waals surface area contributed by atoms with Crippen LogP contribution < -0.4 is 20.1 Å². The Kier molecular flexibility index (Phi) is 12.3. The number of fused-ring (bicyclic) bond motifs is 1. The third-order valence-corrected chi connectivity index (χ3v) is 15.5. The van der Waals surface area contributed by atoms with Crippen molar-refractivity contribution in [2.24, 2.45) is 29.1 Å². The van der Waals surface area contributed by atoms with Gasteiger partial charge in [-0.1, -0.05) is 103 Å². The van der Waals surface area contributed by atoms with Crippen LogP contribution in [0.4, 0.5) is 4.79 Å². The lowest BCUT2D eigenvalue weighted by molar-refractivity contribution is -0.143. The Morgan fingerprint density at radius 3 is 2.36 bits per heavy atom. The summed E-state index contributed by atoms with van der Waals surface area (Å²) >= 11 is 0. The summed E-state index contributed by atoms with van der Waals surface area (Å²) in [5.41, 5.74) is -1.57. The van der Waals surface area contributed by atoms with Crippen molar-refractivity contribution in [1.29, 1.82) is 0 Å². The molecule has 4 aliphatic rings. The summed E-state index contributed by atoms with van der Waals surface area (Å²) < 4.78 is 41.4. The number of hydrogen-bond acceptors (Lipinski definition) is 9. The number of nitrogens with one attached hydrogen (secondary N) is 3. The second-order valence-electron chi connectivity index (χ2n) is 19.3. The average molecular weight is 856 g/mol. The van der Waals surface area contributed by atoms with Gasteiger partial charge in [-0.05, 0) is 84.8 Å². The molecule has 1 aromatic heterocycles. The Morgan fingerprint density at radius 1 is 1.00 bits per heavy atom. The Morgan fingerprint density at radius 2 is 1.70 bits per heavy atom. The minimum atomic E-state index is -4.15. The van der Waals surface area contributed by atoms with E-state index in [1.54, 1.807) is 6.20 Å². The molecule has 4 fully saturated rings. The highest BCUT2D eigenvalue weighted by Crippen LogP contribution is 2.49. The Balaban J connectivity index is 1.13. The van der Waals surface area contributed by atoms with E-state index in [9.17, 15) is 27.6 Å². The molecule has 2 heterocycles. The molecule has 0 radical (unpaired) electrons. The molecular weight excluding hydrogens is 795 g/mol. The molecule has 13 nitrogen and oxygen atoms in total. The van der Waals surface area contributed by atoms with Crippen molar-refractivity contribution < 1.29 is 37.1 Å². The highest BCUT2D eigenvalue weighted by atomic mass is 32.2. The molecule has 4 amide bonds. The van der Waals surface area contributed by atoms with Crippen LogP contribution in [-0.4, -0.2) is 83.2 Å². The number of rotatable bonds is 14. The lowest BCUT2D eigenvalue weighted by Gasteiger charge is -2.38. The predicted octanol–water partition coefficient (Wildman–Crippen LogP) is 6.47. The van der Waals surface area contributed by atoms with E-state index in [-0.39, 0.29) is 37.8 Å². The van der Waals surface area contributed by atoms with E-state index >= 15 is 0 Å². The van der Waals surface area contributed by atoms with Crippen LogP contribution in [0.2, 0.25) is 0 Å². The van der Waals surface area contributed by atoms with Crippen LogP contribution in [0, 0.1) is 29.1 Å². The van der Waals surface area contributed by atoms with Gasteiger partial charge in [0.2, 0.25) is 27.7 Å². The topological polar surface area (TPSA) is 173 Å². The summed E-state index contributed by atoms with van der Waals surface area (Å²) in [6, 6.07) is 16.5. The zero-order valence-electron chi connectivity index (χ0n) is 36.2. The first-order valence-electron chi connectivity index (χ1n) is 21.7. The first kappa shape index (κ1) is 44.1. The minimum absolute atomic E-state index is 0.0266. The molecule has 3 N–H and O–H groups in total. The zero-order chi connectivity index (χ0) is 43.9. The fourth-order valence-electron chi connectivity index (χ4n) is 9.38. The van der Waals surface area contributed by atoms with Gasteiger partial charge in [0, 0.05) is 23.9 Å². The van der Waals surface area contributed by atoms with Gasteiger partial charge < -0.3 is 25.0 Å². The lowest BCUT2D eigenvalue weighted by atomic mass is 9.75. The lowest BCUT2D eigenvalue weighted by Crippen LogP contribution is -2.60. The van der Waals surface area contributed by atoms with Gasteiger partial charge in [0.25, 0.3) is 5.91 Å². The van der Waals surface area contributed by atoms with Gasteiger partial charge in [0.05, 0.1) is 11.3 Å². The van der Waals surface area contributed by atoms with Gasteiger partial charge in [-0.2, -0.15) is 0 Å². The maximum absolute atomic E-state index is 14.9. The number of hydrogen-bond donors (Lipinski definition) is 3. The molecule has 3 saturated carbocycles. The summed E-state index contributed by atoms with van der Waals surface area (Å²) in [5, 5.41) is 7.42. The number of ether oxygens (including phenoxy) is 2. The van der Waals surface area contributed by atoms with Crippen LogP contribution in [0.3, 0.4) is 0 Å². The molecule has 8 atom stereocenters. The first-order chi connectivity index (χ1) is 28.9. The van der Waals surface area contributed by atoms with E-state index in [1.165, 1.54) is 11.0 Å². The number of nitrogens with zero attached hydrogens (tertiary/aromatic N) is 2. The number of benzene rings is 2. The van der Waals surface area contributed by atoms with Gasteiger partial charge in [0.1, 0.15) is 29.8 Å². The molecule has 0 spiro atoms. The molecule has 328 valence electrons. The predicted molar refractivity (Wildman–Crippen MR) is 233 cm³/mol. The fraction of sp³-hybridized carbons (Fsp3) is 0.553. The van der Waals surface area contributed by atoms with Gasteiger partial charge in [0.15, 0.2) is 0 Å². The second-order valence-corrected chi connectivity index (χ2v) is 21.4. The molecule has 2 aromatic carbocycles. The maximum Gasteiger partial charge on any atom is 0.408 e. The molecule has 14 heteroatoms. The highest BCUT2D eigenvalue weighted by Gasteiger charge is 2.64. The smallest absolute Gasteiger partial charge is 0.408 e. The third-order valence-electron chi connectivity index (χ3n) is 13.4. The van der Waals surface area contributed by atoms with Gasteiger partial charge in [-0.25, -0.2) is 18.2 Å². The largest absolute Gasteiger partial charge is 0.472 e. The van der Waals surface area contributed by atoms with Gasteiger partial charge in [-0.15, -0.1) is 6.58 Å². The van der Waals surface area contributed by atoms with Crippen molar-refractivity contribution in [2.45, 2.75) is 127 Å². The van der Waals surface area contributed by atoms with Crippen molar-refractivity contribution in [1.82, 2.24) is 25.2 Å². The Bertz CT molecular complexity index is 2250. The van der Waals surface area contributed by atoms with E-state index < -0.39 is 73.6 Å². The normalized spacial score (nSPS) is 27.4. The van der Waals surface area contributed by atoms with Crippen LogP contribution in [0.1, 0.15) is 92.1 Å². The summed E-state index contributed by atoms with van der Waals surface area (Å²) in [6.45, 7) is 15.7. The van der Waals surface area contributed by atoms with Crippen molar-refractivity contribution in [2.75, 3.05) is 6.54 Å². The number of amides is 4. The highest BCUT2D eigenvalue weighted by molar-refractivity contribution is 7.91. The fourth-order valence-corrected chi connectivity index (χ4v) is 11.0. The average Bonchev–Trinajstić information content (AvgIpc) is 4.11. The quantitative estimate of drug-likeness (QED) is 0.154. The number of alkyl carbamates (subject to hydrolysis) is 1. The SMILES string of the molecule is C=C[C@@H]1C[C@]1(NC(=O)[C@@H]1C[C@@H](Oc2nccc3ccccc23)CN1C(=O)[C@@H](NC(=O)O[C@@H]1C[C@H](C)CC[C@H]1C(C)C)C(C)(C)C)C(=O)NS(=O)(=O)C1(Cc2ccccc2)CC1. The van der Waals surface area contributed by atoms with Gasteiger partial charge in [-0.3, -0.25) is 19.1 Å². The summed E-state index contributed by atoms with van der Waals surface area (Å²) in [5.74, 6) is -1.33. The number of pyridine rings is 1. The number of likely N-dealkylation sites (tertiary alicyclic amines) is 1. The van der Waals surface area contributed by atoms with Gasteiger partial charge >= 0.3 is 6.09 Å². The molecular formula is C47H61N5O8S. The molecule has 3 aromatic rings. The number of carbonyl (C=O) groups is 4. The molecule has 0 unspecified atom stereocenters. The first-order valence-corrected chi connectivity index (χ1v) is 23.2. The van der Waals surface area contributed by atoms with Crippen LogP contribution in [0.15, 0.2) is 79.5 Å². The zero-order valence-corrected chi connectivity index (χ0v) is 37.0. The van der Waals surface area contributed by atoms with Crippen molar-refractivity contribution >= 4 is 44.6 Å². The standard InChI is InChI=1S/C47H61N5O8S/c1-8-33-27-47(33,43(55)51-61(57,58)46(21-22-46)26-31-14-10-9-11-15-31)50-40(53)37-25-34(59-41-36-17-13-12-16-32(36)20-23-48-41)28-52(37)42(54)39(45(5,6)7)49-44(56)60-38-24-30(4)18-19-35(38)29(2)3/h8-17,20,23,29-30,33-35,37-39H,1,18-19,21-22,24-28H2,2-7H3,(H,49,56)(H,50,53)(H,51,55)/t30-,33-,34-,35+,37+,38-,39-,47-/m1/s1. The molecule has 1 aliphatic heterocycles. The van der Waals surface area contributed by atoms with Crippen LogP contribution >= 0.6 is 0 Å². The summed E-state index contributed by atoms with van der Waals surface area (Å²) in [6.07, 6.45) is 5.42. The molecule has 0 bridgehead atoms. The number of aromatic nitrogens is 1. The summed E-state index contributed by atoms with van der Waals surface area (Å²) in [7, 11) is -4.15. The van der Waals surface area contributed by atoms with E-state index in [2.05, 4.69) is 47.7 Å². The van der Waals surface area contributed by atoms with Crippen molar-refractivity contribution in [3.63, 3.8) is 0 Å². The van der Waals surface area contributed by atoms with Crippen molar-refractivity contribution in [3.05, 3.63) is 85.1 Å². The van der Waals surface area contributed by atoms with Crippen LogP contribution in [0.25, 0.3) is 10.8 Å². The van der Waals surface area contributed by atoms with Crippen LogP contribution in [-0.2, 0) is 35.6 Å². The number of sulfonamides is 1. The second kappa shape index (κ2) is 17.1. The molecule has 61 heavy (non-hydrogen) atoms. The van der Waals surface area contributed by atoms with E-state index in [1.807, 2.05) is 81.4 Å². The molecule has 7 rings (SSSR count). The molecule has 1 saturated heterocycles. The summed E-state index contributed by atoms with van der Waals surface area (Å²) in [4.78, 5) is 63.2. The minimum Gasteiger partial charge on any atom is -0.472 e. The van der Waals surface area contributed by atoms with Crippen LogP contribution in [0.5, 0.6) is 5.88 Å². The van der Waals surface area contributed by atoms with E-state index in [0.29, 0.717) is 30.6 Å². The molecule has 3 aliphatic carbocycles. The van der Waals surface area contributed by atoms with E-state index in [4.69, 9.17) is 9.47 Å². The third kappa shape index (κ3) is 9.29. The monoisotopic (exact) mass is 855 g/mol. The van der Waals surface area contributed by atoms with E-state index in [0.717, 1.165) is 35.6 Å².